The fourth-order valence-electron chi connectivity index (χ4n) is 1.13. The molecule has 4 nitrogen and oxygen atoms in total. The molecule has 2 aromatic rings. The van der Waals surface area contributed by atoms with E-state index in [9.17, 15) is 13.2 Å². The minimum Gasteiger partial charge on any atom is -0.211 e. The van der Waals surface area contributed by atoms with E-state index in [0.29, 0.717) is 10.1 Å². The molecule has 0 unspecified atom stereocenters. The molecule has 0 aromatic carbocycles. The number of aromatic nitrogens is 4. The number of thiophene rings is 1. The maximum atomic E-state index is 12.2. The molecule has 18 heavy (non-hydrogen) atoms. The zero-order valence-electron chi connectivity index (χ0n) is 8.69. The van der Waals surface area contributed by atoms with Gasteiger partial charge in [0.05, 0.1) is 4.34 Å². The second kappa shape index (κ2) is 5.45. The molecule has 0 atom stereocenters. The van der Waals surface area contributed by atoms with Crippen molar-refractivity contribution in [3.8, 4) is 0 Å². The molecule has 0 bridgehead atoms. The van der Waals surface area contributed by atoms with E-state index >= 15 is 0 Å². The molecule has 2 aromatic heterocycles. The predicted octanol–water partition coefficient (Wildman–Crippen LogP) is 3.24. The van der Waals surface area contributed by atoms with Crippen LogP contribution in [0.3, 0.4) is 0 Å². The summed E-state index contributed by atoms with van der Waals surface area (Å²) in [6.07, 6.45) is -4.34. The summed E-state index contributed by atoms with van der Waals surface area (Å²) in [4.78, 5) is 0.951. The third-order valence-corrected chi connectivity index (χ3v) is 4.22. The summed E-state index contributed by atoms with van der Waals surface area (Å²) in [5, 5.41) is 10.2. The van der Waals surface area contributed by atoms with Gasteiger partial charge in [0.1, 0.15) is 6.54 Å². The van der Waals surface area contributed by atoms with Crippen LogP contribution in [0.4, 0.5) is 13.2 Å². The highest BCUT2D eigenvalue weighted by Crippen LogP contribution is 2.28. The van der Waals surface area contributed by atoms with Gasteiger partial charge in [-0.05, 0) is 22.6 Å². The lowest BCUT2D eigenvalue weighted by atomic mass is 10.5. The smallest absolute Gasteiger partial charge is 0.211 e. The van der Waals surface area contributed by atoms with Gasteiger partial charge in [0.2, 0.25) is 5.16 Å². The molecule has 0 N–H and O–H groups in total. The molecule has 0 fully saturated rings. The highest BCUT2D eigenvalue weighted by Gasteiger charge is 2.30. The first-order valence-corrected chi connectivity index (χ1v) is 6.82. The third kappa shape index (κ3) is 3.85. The van der Waals surface area contributed by atoms with Gasteiger partial charge in [-0.25, -0.2) is 4.68 Å². The van der Waals surface area contributed by atoms with Crippen molar-refractivity contribution >= 4 is 34.7 Å². The Morgan fingerprint density at radius 3 is 2.78 bits per heavy atom. The largest absolute Gasteiger partial charge is 0.408 e. The van der Waals surface area contributed by atoms with Gasteiger partial charge in [-0.1, -0.05) is 23.4 Å². The van der Waals surface area contributed by atoms with E-state index in [1.54, 1.807) is 6.07 Å². The topological polar surface area (TPSA) is 43.6 Å². The van der Waals surface area contributed by atoms with Crippen LogP contribution in [0.2, 0.25) is 4.34 Å². The Labute approximate surface area is 113 Å². The minimum atomic E-state index is -4.34. The average Bonchev–Trinajstić information content (AvgIpc) is 2.82. The second-order valence-electron chi connectivity index (χ2n) is 3.23. The molecule has 0 aliphatic rings. The quantitative estimate of drug-likeness (QED) is 0.813. The molecule has 0 saturated carbocycles. The van der Waals surface area contributed by atoms with Crippen LogP contribution in [0.5, 0.6) is 0 Å². The first-order valence-electron chi connectivity index (χ1n) is 4.64. The van der Waals surface area contributed by atoms with Crippen molar-refractivity contribution in [3.63, 3.8) is 0 Å². The summed E-state index contributed by atoms with van der Waals surface area (Å²) in [6.45, 7) is -1.19. The van der Waals surface area contributed by atoms with E-state index in [0.717, 1.165) is 21.3 Å². The summed E-state index contributed by atoms with van der Waals surface area (Å²) in [5.74, 6) is 0.482. The Kier molecular flexibility index (Phi) is 4.13. The van der Waals surface area contributed by atoms with Crippen molar-refractivity contribution in [2.45, 2.75) is 23.6 Å². The van der Waals surface area contributed by atoms with E-state index in [1.807, 2.05) is 6.07 Å². The summed E-state index contributed by atoms with van der Waals surface area (Å²) >= 11 is 8.27. The lowest BCUT2D eigenvalue weighted by molar-refractivity contribution is -0.144. The van der Waals surface area contributed by atoms with Gasteiger partial charge in [-0.2, -0.15) is 13.2 Å². The summed E-state index contributed by atoms with van der Waals surface area (Å²) in [6, 6.07) is 3.55. The predicted molar refractivity (Wildman–Crippen MR) is 62.8 cm³/mol. The molecule has 0 amide bonds. The van der Waals surface area contributed by atoms with Crippen LogP contribution in [-0.2, 0) is 12.3 Å². The Balaban J connectivity index is 1.99. The van der Waals surface area contributed by atoms with Gasteiger partial charge >= 0.3 is 6.18 Å². The number of hydrogen-bond donors (Lipinski definition) is 0. The van der Waals surface area contributed by atoms with Gasteiger partial charge < -0.3 is 0 Å². The van der Waals surface area contributed by atoms with E-state index in [2.05, 4.69) is 15.5 Å². The minimum absolute atomic E-state index is 0.136. The van der Waals surface area contributed by atoms with E-state index in [1.165, 1.54) is 11.3 Å². The molecule has 98 valence electrons. The highest BCUT2D eigenvalue weighted by atomic mass is 35.5. The maximum absolute atomic E-state index is 12.2. The Morgan fingerprint density at radius 2 is 2.17 bits per heavy atom. The summed E-state index contributed by atoms with van der Waals surface area (Å²) in [5.41, 5.74) is 0. The first kappa shape index (κ1) is 13.6. The zero-order valence-corrected chi connectivity index (χ0v) is 11.1. The number of nitrogens with zero attached hydrogens (tertiary/aromatic N) is 4. The zero-order chi connectivity index (χ0) is 13.2. The van der Waals surface area contributed by atoms with Crippen LogP contribution in [-0.4, -0.2) is 26.4 Å². The number of rotatable bonds is 4. The average molecular weight is 315 g/mol. The normalized spacial score (nSPS) is 12.0. The van der Waals surface area contributed by atoms with Crippen LogP contribution in [0.1, 0.15) is 4.88 Å². The molecule has 0 spiro atoms. The van der Waals surface area contributed by atoms with Crippen LogP contribution >= 0.6 is 34.7 Å². The van der Waals surface area contributed by atoms with Crippen molar-refractivity contribution in [2.75, 3.05) is 0 Å². The summed E-state index contributed by atoms with van der Waals surface area (Å²) < 4.78 is 38.0. The van der Waals surface area contributed by atoms with Crippen molar-refractivity contribution in [1.82, 2.24) is 20.2 Å². The molecule has 0 aliphatic carbocycles. The van der Waals surface area contributed by atoms with Gasteiger partial charge in [0, 0.05) is 10.6 Å². The van der Waals surface area contributed by atoms with Gasteiger partial charge in [-0.15, -0.1) is 16.4 Å². The fraction of sp³-hybridized carbons (Fsp3) is 0.375. The first-order chi connectivity index (χ1) is 8.44. The summed E-state index contributed by atoms with van der Waals surface area (Å²) in [7, 11) is 0. The van der Waals surface area contributed by atoms with E-state index < -0.39 is 12.7 Å². The Bertz CT molecular complexity index is 524. The molecule has 2 heterocycles. The fourth-order valence-corrected chi connectivity index (χ4v) is 3.14. The molecular formula is C8H6ClF3N4S2. The van der Waals surface area contributed by atoms with Gasteiger partial charge in [0.25, 0.3) is 0 Å². The van der Waals surface area contributed by atoms with Crippen molar-refractivity contribution in [3.05, 3.63) is 21.3 Å². The number of thioether (sulfide) groups is 1. The third-order valence-electron chi connectivity index (χ3n) is 1.80. The van der Waals surface area contributed by atoms with E-state index in [-0.39, 0.29) is 5.16 Å². The monoisotopic (exact) mass is 314 g/mol. The van der Waals surface area contributed by atoms with Gasteiger partial charge in [0.15, 0.2) is 0 Å². The molecule has 10 heteroatoms. The Morgan fingerprint density at radius 1 is 1.39 bits per heavy atom. The number of alkyl halides is 3. The lowest BCUT2D eigenvalue weighted by Crippen LogP contribution is -2.19. The number of tetrazole rings is 1. The Hall–Kier alpha value is -0.800. The second-order valence-corrected chi connectivity index (χ2v) is 5.97. The van der Waals surface area contributed by atoms with Crippen molar-refractivity contribution in [2.24, 2.45) is 0 Å². The van der Waals surface area contributed by atoms with Crippen LogP contribution < -0.4 is 0 Å². The highest BCUT2D eigenvalue weighted by molar-refractivity contribution is 7.98. The number of hydrogen-bond acceptors (Lipinski definition) is 5. The SMILES string of the molecule is FC(F)(F)Cn1nnnc1SCc1ccc(Cl)s1. The van der Waals surface area contributed by atoms with Crippen LogP contribution in [0, 0.1) is 0 Å². The molecule has 0 saturated heterocycles. The van der Waals surface area contributed by atoms with Crippen molar-refractivity contribution < 1.29 is 13.2 Å². The standard InChI is InChI=1S/C8H6ClF3N4S2/c9-6-2-1-5(18-6)3-17-7-13-14-15-16(7)4-8(10,11)12/h1-2H,3-4H2. The molecular weight excluding hydrogens is 309 g/mol. The molecule has 0 radical (unpaired) electrons. The van der Waals surface area contributed by atoms with Crippen LogP contribution in [0.25, 0.3) is 0 Å². The van der Waals surface area contributed by atoms with E-state index in [4.69, 9.17) is 11.6 Å². The lowest BCUT2D eigenvalue weighted by Gasteiger charge is -2.06. The maximum Gasteiger partial charge on any atom is 0.408 e. The molecule has 0 aliphatic heterocycles. The number of halogens is 4. The van der Waals surface area contributed by atoms with Crippen molar-refractivity contribution in [1.29, 1.82) is 0 Å². The van der Waals surface area contributed by atoms with Gasteiger partial charge in [-0.3, -0.25) is 0 Å². The molecule has 2 rings (SSSR count). The van der Waals surface area contributed by atoms with Crippen LogP contribution in [0.15, 0.2) is 17.3 Å².